The number of para-hydroxylation sites is 2. The Bertz CT molecular complexity index is 523. The minimum Gasteiger partial charge on any atom is -0.490 e. The fraction of sp³-hybridized carbons (Fsp3) is 0.267. The lowest BCUT2D eigenvalue weighted by Crippen LogP contribution is -1.96. The fourth-order valence-electron chi connectivity index (χ4n) is 1.62. The molecule has 1 aromatic carbocycles. The molecule has 4 nitrogen and oxygen atoms in total. The van der Waals surface area contributed by atoms with E-state index in [-0.39, 0.29) is 0 Å². The number of hydrogen-bond donors (Lipinski definition) is 1. The summed E-state index contributed by atoms with van der Waals surface area (Å²) in [6, 6.07) is 11.0. The molecule has 1 N–H and O–H groups in total. The van der Waals surface area contributed by atoms with Gasteiger partial charge in [-0.25, -0.2) is 4.98 Å². The van der Waals surface area contributed by atoms with Gasteiger partial charge in [0, 0.05) is 12.3 Å². The Kier molecular flexibility index (Phi) is 4.36. The summed E-state index contributed by atoms with van der Waals surface area (Å²) >= 11 is 0. The van der Waals surface area contributed by atoms with Crippen molar-refractivity contribution in [2.45, 2.75) is 20.0 Å². The number of hydrogen-bond acceptors (Lipinski definition) is 4. The van der Waals surface area contributed by atoms with Crippen LogP contribution >= 0.6 is 0 Å². The molecule has 19 heavy (non-hydrogen) atoms. The average molecular weight is 259 g/mol. The van der Waals surface area contributed by atoms with Crippen LogP contribution in [0.5, 0.6) is 17.4 Å². The van der Waals surface area contributed by atoms with Crippen molar-refractivity contribution in [3.63, 3.8) is 0 Å². The highest BCUT2D eigenvalue weighted by Crippen LogP contribution is 2.30. The fourth-order valence-corrected chi connectivity index (χ4v) is 1.62. The van der Waals surface area contributed by atoms with Crippen molar-refractivity contribution < 1.29 is 14.6 Å². The Balaban J connectivity index is 2.16. The van der Waals surface area contributed by atoms with E-state index in [0.717, 1.165) is 5.56 Å². The van der Waals surface area contributed by atoms with E-state index in [1.165, 1.54) is 0 Å². The number of benzene rings is 1. The molecule has 0 saturated heterocycles. The van der Waals surface area contributed by atoms with Gasteiger partial charge in [-0.2, -0.15) is 0 Å². The monoisotopic (exact) mass is 259 g/mol. The van der Waals surface area contributed by atoms with E-state index in [2.05, 4.69) is 4.98 Å². The van der Waals surface area contributed by atoms with Crippen LogP contribution in [0, 0.1) is 0 Å². The first-order chi connectivity index (χ1) is 9.20. The van der Waals surface area contributed by atoms with Crippen LogP contribution in [0.4, 0.5) is 0 Å². The highest BCUT2D eigenvalue weighted by Gasteiger charge is 2.07. The first-order valence-electron chi connectivity index (χ1n) is 6.24. The highest BCUT2D eigenvalue weighted by molar-refractivity contribution is 5.41. The van der Waals surface area contributed by atoms with Crippen molar-refractivity contribution in [3.05, 3.63) is 48.2 Å². The molecular formula is C15H17NO3. The first-order valence-corrected chi connectivity index (χ1v) is 6.24. The van der Waals surface area contributed by atoms with Crippen LogP contribution in [0.1, 0.15) is 25.5 Å². The lowest BCUT2D eigenvalue weighted by molar-refractivity contribution is 0.198. The van der Waals surface area contributed by atoms with Gasteiger partial charge in [0.1, 0.15) is 0 Å². The summed E-state index contributed by atoms with van der Waals surface area (Å²) in [5.41, 5.74) is 0.755. The van der Waals surface area contributed by atoms with E-state index in [0.29, 0.717) is 24.0 Å². The quantitative estimate of drug-likeness (QED) is 0.894. The van der Waals surface area contributed by atoms with Gasteiger partial charge in [-0.05, 0) is 37.6 Å². The summed E-state index contributed by atoms with van der Waals surface area (Å²) < 4.78 is 11.2. The van der Waals surface area contributed by atoms with Gasteiger partial charge in [0.15, 0.2) is 11.5 Å². The second kappa shape index (κ2) is 6.20. The number of nitrogens with zero attached hydrogens (tertiary/aromatic N) is 1. The molecule has 4 heteroatoms. The van der Waals surface area contributed by atoms with Gasteiger partial charge in [0.05, 0.1) is 12.7 Å². The molecular weight excluding hydrogens is 242 g/mol. The number of rotatable bonds is 5. The van der Waals surface area contributed by atoms with E-state index in [1.807, 2.05) is 31.2 Å². The normalized spacial score (nSPS) is 11.9. The summed E-state index contributed by atoms with van der Waals surface area (Å²) in [4.78, 5) is 4.16. The summed E-state index contributed by atoms with van der Waals surface area (Å²) in [5.74, 6) is 1.78. The van der Waals surface area contributed by atoms with E-state index in [4.69, 9.17) is 9.47 Å². The maximum atomic E-state index is 9.42. The van der Waals surface area contributed by atoms with Crippen molar-refractivity contribution in [2.75, 3.05) is 6.61 Å². The van der Waals surface area contributed by atoms with Crippen molar-refractivity contribution >= 4 is 0 Å². The third-order valence-electron chi connectivity index (χ3n) is 2.61. The van der Waals surface area contributed by atoms with Gasteiger partial charge in [-0.3, -0.25) is 0 Å². The van der Waals surface area contributed by atoms with Crippen molar-refractivity contribution in [1.82, 2.24) is 4.98 Å². The molecule has 100 valence electrons. The maximum absolute atomic E-state index is 9.42. The average Bonchev–Trinajstić information content (AvgIpc) is 2.42. The first kappa shape index (κ1) is 13.4. The Labute approximate surface area is 112 Å². The van der Waals surface area contributed by atoms with Crippen LogP contribution in [-0.2, 0) is 0 Å². The number of ether oxygens (including phenoxy) is 2. The molecule has 0 aliphatic carbocycles. The van der Waals surface area contributed by atoms with Crippen LogP contribution in [0.15, 0.2) is 42.6 Å². The largest absolute Gasteiger partial charge is 0.490 e. The second-order valence-corrected chi connectivity index (χ2v) is 4.09. The highest BCUT2D eigenvalue weighted by atomic mass is 16.5. The Morgan fingerprint density at radius 1 is 1.16 bits per heavy atom. The predicted molar refractivity (Wildman–Crippen MR) is 72.6 cm³/mol. The molecule has 0 aliphatic rings. The Morgan fingerprint density at radius 3 is 2.47 bits per heavy atom. The molecule has 0 saturated carbocycles. The predicted octanol–water partition coefficient (Wildman–Crippen LogP) is 3.33. The van der Waals surface area contributed by atoms with Crippen molar-refractivity contribution in [1.29, 1.82) is 0 Å². The van der Waals surface area contributed by atoms with Gasteiger partial charge in [-0.1, -0.05) is 12.1 Å². The van der Waals surface area contributed by atoms with Crippen LogP contribution in [0.2, 0.25) is 0 Å². The van der Waals surface area contributed by atoms with Crippen LogP contribution in [-0.4, -0.2) is 16.7 Å². The molecule has 0 aliphatic heterocycles. The van der Waals surface area contributed by atoms with E-state index >= 15 is 0 Å². The third kappa shape index (κ3) is 3.45. The topological polar surface area (TPSA) is 51.6 Å². The minimum absolute atomic E-state index is 0.469. The van der Waals surface area contributed by atoms with Gasteiger partial charge < -0.3 is 14.6 Å². The lowest BCUT2D eigenvalue weighted by Gasteiger charge is -2.11. The van der Waals surface area contributed by atoms with Gasteiger partial charge in [0.2, 0.25) is 5.88 Å². The van der Waals surface area contributed by atoms with Crippen LogP contribution in [0.25, 0.3) is 0 Å². The molecule has 1 heterocycles. The molecule has 0 spiro atoms. The SMILES string of the molecule is CCOc1ccccc1Oc1ccc([C@H](C)O)cn1. The Hall–Kier alpha value is -2.07. The van der Waals surface area contributed by atoms with Crippen LogP contribution < -0.4 is 9.47 Å². The van der Waals surface area contributed by atoms with E-state index < -0.39 is 6.10 Å². The Morgan fingerprint density at radius 2 is 1.89 bits per heavy atom. The molecule has 0 bridgehead atoms. The molecule has 1 atom stereocenters. The minimum atomic E-state index is -0.530. The zero-order valence-electron chi connectivity index (χ0n) is 11.0. The summed E-state index contributed by atoms with van der Waals surface area (Å²) in [7, 11) is 0. The number of aromatic nitrogens is 1. The smallest absolute Gasteiger partial charge is 0.219 e. The zero-order valence-corrected chi connectivity index (χ0v) is 11.0. The van der Waals surface area contributed by atoms with Gasteiger partial charge in [0.25, 0.3) is 0 Å². The molecule has 0 radical (unpaired) electrons. The second-order valence-electron chi connectivity index (χ2n) is 4.09. The summed E-state index contributed by atoms with van der Waals surface area (Å²) in [6.45, 7) is 4.20. The molecule has 0 fully saturated rings. The molecule has 2 aromatic rings. The third-order valence-corrected chi connectivity index (χ3v) is 2.61. The zero-order chi connectivity index (χ0) is 13.7. The molecule has 0 amide bonds. The standard InChI is InChI=1S/C15H17NO3/c1-3-18-13-6-4-5-7-14(13)19-15-9-8-12(10-16-15)11(2)17/h4-11,17H,3H2,1-2H3/t11-/m0/s1. The molecule has 0 unspecified atom stereocenters. The van der Waals surface area contributed by atoms with Gasteiger partial charge in [-0.15, -0.1) is 0 Å². The number of aliphatic hydroxyl groups excluding tert-OH is 1. The number of pyridine rings is 1. The molecule has 1 aromatic heterocycles. The van der Waals surface area contributed by atoms with E-state index in [1.54, 1.807) is 25.3 Å². The van der Waals surface area contributed by atoms with Crippen molar-refractivity contribution in [3.8, 4) is 17.4 Å². The van der Waals surface area contributed by atoms with Crippen LogP contribution in [0.3, 0.4) is 0 Å². The lowest BCUT2D eigenvalue weighted by atomic mass is 10.2. The summed E-state index contributed by atoms with van der Waals surface area (Å²) in [5, 5.41) is 9.42. The van der Waals surface area contributed by atoms with E-state index in [9.17, 15) is 5.11 Å². The van der Waals surface area contributed by atoms with Crippen molar-refractivity contribution in [2.24, 2.45) is 0 Å². The summed E-state index contributed by atoms with van der Waals surface area (Å²) in [6.07, 6.45) is 1.07. The number of aliphatic hydroxyl groups is 1. The maximum Gasteiger partial charge on any atom is 0.219 e. The molecule has 2 rings (SSSR count). The van der Waals surface area contributed by atoms with Gasteiger partial charge >= 0.3 is 0 Å².